The Bertz CT molecular complexity index is 616. The number of amides is 1. The number of carbonyl (C=O) groups excluding carboxylic acids is 1. The molecule has 2 aliphatic heterocycles. The number of ether oxygens (including phenoxy) is 1. The Labute approximate surface area is 150 Å². The first-order valence-electron chi connectivity index (χ1n) is 9.83. The van der Waals surface area contributed by atoms with Crippen LogP contribution in [0.25, 0.3) is 0 Å². The normalized spacial score (nSPS) is 28.7. The van der Waals surface area contributed by atoms with Crippen molar-refractivity contribution < 1.29 is 9.53 Å². The van der Waals surface area contributed by atoms with Crippen molar-refractivity contribution in [2.75, 3.05) is 32.8 Å². The van der Waals surface area contributed by atoms with Crippen LogP contribution >= 0.6 is 0 Å². The van der Waals surface area contributed by atoms with E-state index in [1.807, 2.05) is 0 Å². The van der Waals surface area contributed by atoms with Gasteiger partial charge < -0.3 is 15.0 Å². The summed E-state index contributed by atoms with van der Waals surface area (Å²) in [7, 11) is 0. The molecule has 1 amide bonds. The summed E-state index contributed by atoms with van der Waals surface area (Å²) in [6.45, 7) is 7.10. The lowest BCUT2D eigenvalue weighted by atomic mass is 9.63. The van der Waals surface area contributed by atoms with Gasteiger partial charge in [-0.3, -0.25) is 4.79 Å². The minimum atomic E-state index is 0.0735. The molecule has 0 bridgehead atoms. The van der Waals surface area contributed by atoms with Crippen molar-refractivity contribution in [2.45, 2.75) is 50.5 Å². The van der Waals surface area contributed by atoms with E-state index in [0.717, 1.165) is 25.6 Å². The van der Waals surface area contributed by atoms with E-state index in [2.05, 4.69) is 34.5 Å². The second kappa shape index (κ2) is 7.08. The average molecular weight is 342 g/mol. The summed E-state index contributed by atoms with van der Waals surface area (Å²) in [4.78, 5) is 14.2. The van der Waals surface area contributed by atoms with Gasteiger partial charge in [0.05, 0.1) is 12.6 Å². The SMILES string of the molecule is CC(=O)N[C@H]1CCC2(CCN(CC3CCOC3)CC2)c2ccccc21. The molecule has 0 radical (unpaired) electrons. The van der Waals surface area contributed by atoms with E-state index in [-0.39, 0.29) is 11.9 Å². The van der Waals surface area contributed by atoms with Crippen molar-refractivity contribution in [3.05, 3.63) is 35.4 Å². The van der Waals surface area contributed by atoms with Crippen molar-refractivity contribution in [1.29, 1.82) is 0 Å². The number of rotatable bonds is 3. The number of carbonyl (C=O) groups is 1. The fourth-order valence-electron chi connectivity index (χ4n) is 5.17. The van der Waals surface area contributed by atoms with Gasteiger partial charge in [0.1, 0.15) is 0 Å². The van der Waals surface area contributed by atoms with Gasteiger partial charge in [-0.1, -0.05) is 24.3 Å². The molecule has 0 aromatic heterocycles. The van der Waals surface area contributed by atoms with Gasteiger partial charge in [-0.2, -0.15) is 0 Å². The lowest BCUT2D eigenvalue weighted by Gasteiger charge is -2.47. The van der Waals surface area contributed by atoms with Crippen LogP contribution in [0.5, 0.6) is 0 Å². The largest absolute Gasteiger partial charge is 0.381 e. The van der Waals surface area contributed by atoms with E-state index in [0.29, 0.717) is 5.41 Å². The van der Waals surface area contributed by atoms with E-state index in [4.69, 9.17) is 4.74 Å². The lowest BCUT2D eigenvalue weighted by Crippen LogP contribution is -2.47. The third-order valence-corrected chi connectivity index (χ3v) is 6.55. The number of hydrogen-bond acceptors (Lipinski definition) is 3. The first-order valence-corrected chi connectivity index (χ1v) is 9.83. The Hall–Kier alpha value is -1.39. The van der Waals surface area contributed by atoms with Crippen LogP contribution in [0.1, 0.15) is 56.2 Å². The van der Waals surface area contributed by atoms with Gasteiger partial charge in [-0.05, 0) is 67.7 Å². The number of fused-ring (bicyclic) bond motifs is 2. The van der Waals surface area contributed by atoms with Crippen LogP contribution in [0.2, 0.25) is 0 Å². The summed E-state index contributed by atoms with van der Waals surface area (Å²) >= 11 is 0. The van der Waals surface area contributed by atoms with Crippen LogP contribution in [0.15, 0.2) is 24.3 Å². The van der Waals surface area contributed by atoms with Crippen LogP contribution in [0.4, 0.5) is 0 Å². The highest BCUT2D eigenvalue weighted by molar-refractivity contribution is 5.73. The van der Waals surface area contributed by atoms with E-state index >= 15 is 0 Å². The molecule has 2 heterocycles. The Morgan fingerprint density at radius 1 is 1.24 bits per heavy atom. The summed E-state index contributed by atoms with van der Waals surface area (Å²) in [6.07, 6.45) is 5.96. The van der Waals surface area contributed by atoms with E-state index in [9.17, 15) is 4.79 Å². The second-order valence-corrected chi connectivity index (χ2v) is 8.19. The summed E-state index contributed by atoms with van der Waals surface area (Å²) < 4.78 is 5.54. The third kappa shape index (κ3) is 3.47. The zero-order valence-corrected chi connectivity index (χ0v) is 15.3. The van der Waals surface area contributed by atoms with Crippen LogP contribution in [0, 0.1) is 5.92 Å². The zero-order chi connectivity index (χ0) is 17.3. The standard InChI is InChI=1S/C21H30N2O2/c1-16(24)22-20-6-8-21(19-5-3-2-4-18(19)20)9-11-23(12-10-21)14-17-7-13-25-15-17/h2-5,17,20H,6-15H2,1H3,(H,22,24)/t17?,20-/m0/s1. The highest BCUT2D eigenvalue weighted by Crippen LogP contribution is 2.48. The summed E-state index contributed by atoms with van der Waals surface area (Å²) in [5.41, 5.74) is 3.15. The Morgan fingerprint density at radius 3 is 2.76 bits per heavy atom. The average Bonchev–Trinajstić information content (AvgIpc) is 3.13. The molecule has 136 valence electrons. The van der Waals surface area contributed by atoms with Gasteiger partial charge in [0.15, 0.2) is 0 Å². The van der Waals surface area contributed by atoms with Crippen molar-refractivity contribution >= 4 is 5.91 Å². The molecular weight excluding hydrogens is 312 g/mol. The predicted octanol–water partition coefficient (Wildman–Crippen LogP) is 3.03. The maximum absolute atomic E-state index is 11.6. The van der Waals surface area contributed by atoms with Crippen molar-refractivity contribution in [2.24, 2.45) is 5.92 Å². The molecule has 4 heteroatoms. The van der Waals surface area contributed by atoms with Gasteiger partial charge in [0.25, 0.3) is 0 Å². The summed E-state index contributed by atoms with van der Waals surface area (Å²) in [5.74, 6) is 0.807. The van der Waals surface area contributed by atoms with Crippen molar-refractivity contribution in [3.63, 3.8) is 0 Å². The fourth-order valence-corrected chi connectivity index (χ4v) is 5.17. The molecule has 4 nitrogen and oxygen atoms in total. The number of benzene rings is 1. The molecule has 2 saturated heterocycles. The minimum absolute atomic E-state index is 0.0735. The maximum atomic E-state index is 11.6. The number of nitrogens with zero attached hydrogens (tertiary/aromatic N) is 1. The molecule has 4 rings (SSSR count). The molecule has 1 aromatic rings. The number of hydrogen-bond donors (Lipinski definition) is 1. The van der Waals surface area contributed by atoms with Gasteiger partial charge in [-0.25, -0.2) is 0 Å². The fraction of sp³-hybridized carbons (Fsp3) is 0.667. The number of piperidine rings is 1. The smallest absolute Gasteiger partial charge is 0.217 e. The van der Waals surface area contributed by atoms with Gasteiger partial charge >= 0.3 is 0 Å². The van der Waals surface area contributed by atoms with E-state index in [1.165, 1.54) is 56.4 Å². The second-order valence-electron chi connectivity index (χ2n) is 8.19. The molecule has 2 fully saturated rings. The van der Waals surface area contributed by atoms with Gasteiger partial charge in [0.2, 0.25) is 5.91 Å². The highest BCUT2D eigenvalue weighted by atomic mass is 16.5. The summed E-state index contributed by atoms with van der Waals surface area (Å²) in [6, 6.07) is 9.00. The van der Waals surface area contributed by atoms with E-state index < -0.39 is 0 Å². The van der Waals surface area contributed by atoms with Crippen molar-refractivity contribution in [3.8, 4) is 0 Å². The number of nitrogens with one attached hydrogen (secondary N) is 1. The van der Waals surface area contributed by atoms with Crippen LogP contribution < -0.4 is 5.32 Å². The molecule has 1 N–H and O–H groups in total. The molecule has 0 saturated carbocycles. The molecule has 1 aromatic carbocycles. The maximum Gasteiger partial charge on any atom is 0.217 e. The Kier molecular flexibility index (Phi) is 4.83. The first-order chi connectivity index (χ1) is 12.2. The van der Waals surface area contributed by atoms with Crippen molar-refractivity contribution in [1.82, 2.24) is 10.2 Å². The molecule has 1 aliphatic carbocycles. The topological polar surface area (TPSA) is 41.6 Å². The monoisotopic (exact) mass is 342 g/mol. The molecular formula is C21H30N2O2. The lowest BCUT2D eigenvalue weighted by molar-refractivity contribution is -0.119. The minimum Gasteiger partial charge on any atom is -0.381 e. The van der Waals surface area contributed by atoms with Gasteiger partial charge in [-0.15, -0.1) is 0 Å². The molecule has 3 aliphatic rings. The predicted molar refractivity (Wildman–Crippen MR) is 98.5 cm³/mol. The summed E-state index contributed by atoms with van der Waals surface area (Å²) in [5, 5.41) is 3.15. The molecule has 1 unspecified atom stereocenters. The Balaban J connectivity index is 1.48. The third-order valence-electron chi connectivity index (χ3n) is 6.55. The zero-order valence-electron chi connectivity index (χ0n) is 15.3. The van der Waals surface area contributed by atoms with Crippen LogP contribution in [-0.2, 0) is 14.9 Å². The first kappa shape index (κ1) is 17.0. The highest BCUT2D eigenvalue weighted by Gasteiger charge is 2.42. The van der Waals surface area contributed by atoms with E-state index in [1.54, 1.807) is 6.92 Å². The van der Waals surface area contributed by atoms with Crippen LogP contribution in [0.3, 0.4) is 0 Å². The molecule has 1 spiro atoms. The Morgan fingerprint density at radius 2 is 2.04 bits per heavy atom. The molecule has 25 heavy (non-hydrogen) atoms. The number of likely N-dealkylation sites (tertiary alicyclic amines) is 1. The van der Waals surface area contributed by atoms with Crippen LogP contribution in [-0.4, -0.2) is 43.7 Å². The van der Waals surface area contributed by atoms with Gasteiger partial charge in [0, 0.05) is 20.1 Å². The molecule has 2 atom stereocenters. The quantitative estimate of drug-likeness (QED) is 0.918.